The largest absolute Gasteiger partial charge is 0.370 e. The number of aliphatic imine (C=N–C) groups is 1. The van der Waals surface area contributed by atoms with Crippen molar-refractivity contribution in [2.24, 2.45) is 22.2 Å². The normalized spacial score (nSPS) is 14.4. The third kappa shape index (κ3) is 8.85. The molecule has 0 aromatic heterocycles. The molecule has 0 bridgehead atoms. The molecular formula is C22H34N8O5. The summed E-state index contributed by atoms with van der Waals surface area (Å²) in [7, 11) is 0. The predicted octanol–water partition coefficient (Wildman–Crippen LogP) is 0.192. The van der Waals surface area contributed by atoms with Gasteiger partial charge in [0.2, 0.25) is 17.7 Å². The molecule has 1 saturated carbocycles. The minimum absolute atomic E-state index is 0.0680. The summed E-state index contributed by atoms with van der Waals surface area (Å²) in [6.45, 7) is -0.249. The van der Waals surface area contributed by atoms with E-state index in [2.05, 4.69) is 15.6 Å². The number of non-ortho nitro benzene ring substituents is 1. The standard InChI is InChI=1S/C22H34N8O5/c23-13-19(31)27-14-20(32)29(16-5-2-1-3-6-16)18(7-4-12-26-22(24)25)21(33)28-15-8-10-17(11-9-15)30(34)35/h8-11,16,18H,1-7,12-14,23H2,(H,27,31)(H,28,33)(H4,24,25,26)/t18-/m0/s1. The summed E-state index contributed by atoms with van der Waals surface area (Å²) in [6, 6.07) is 4.42. The van der Waals surface area contributed by atoms with E-state index in [0.29, 0.717) is 12.1 Å². The lowest BCUT2D eigenvalue weighted by Gasteiger charge is -2.39. The summed E-state index contributed by atoms with van der Waals surface area (Å²) in [5.74, 6) is -1.36. The van der Waals surface area contributed by atoms with Gasteiger partial charge in [-0.3, -0.25) is 29.5 Å². The van der Waals surface area contributed by atoms with E-state index in [-0.39, 0.29) is 49.7 Å². The number of rotatable bonds is 12. The highest BCUT2D eigenvalue weighted by molar-refractivity contribution is 5.98. The van der Waals surface area contributed by atoms with Gasteiger partial charge in [0.25, 0.3) is 5.69 Å². The van der Waals surface area contributed by atoms with Crippen molar-refractivity contribution in [3.63, 3.8) is 0 Å². The third-order valence-corrected chi connectivity index (χ3v) is 5.79. The van der Waals surface area contributed by atoms with E-state index in [9.17, 15) is 24.5 Å². The molecule has 1 atom stereocenters. The number of hydrogen-bond donors (Lipinski definition) is 5. The second-order valence-electron chi connectivity index (χ2n) is 8.33. The number of amides is 3. The van der Waals surface area contributed by atoms with Gasteiger partial charge in [-0.15, -0.1) is 0 Å². The van der Waals surface area contributed by atoms with Crippen molar-refractivity contribution in [1.82, 2.24) is 10.2 Å². The highest BCUT2D eigenvalue weighted by Crippen LogP contribution is 2.27. The van der Waals surface area contributed by atoms with Gasteiger partial charge >= 0.3 is 0 Å². The number of carbonyl (C=O) groups excluding carboxylic acids is 3. The van der Waals surface area contributed by atoms with Gasteiger partial charge in [0.1, 0.15) is 6.04 Å². The number of guanidine groups is 1. The van der Waals surface area contributed by atoms with E-state index >= 15 is 0 Å². The number of nitro benzene ring substituents is 1. The van der Waals surface area contributed by atoms with Gasteiger partial charge in [0.15, 0.2) is 5.96 Å². The molecule has 13 heteroatoms. The molecule has 1 fully saturated rings. The van der Waals surface area contributed by atoms with Crippen molar-refractivity contribution in [2.45, 2.75) is 57.0 Å². The van der Waals surface area contributed by atoms with Crippen LogP contribution in [0, 0.1) is 10.1 Å². The fourth-order valence-electron chi connectivity index (χ4n) is 4.11. The Morgan fingerprint density at radius 3 is 2.37 bits per heavy atom. The first-order valence-corrected chi connectivity index (χ1v) is 11.6. The topological polar surface area (TPSA) is 212 Å². The number of nitro groups is 1. The maximum atomic E-state index is 13.4. The molecule has 1 aromatic rings. The van der Waals surface area contributed by atoms with Crippen LogP contribution in [0.5, 0.6) is 0 Å². The lowest BCUT2D eigenvalue weighted by Crippen LogP contribution is -2.55. The Labute approximate surface area is 203 Å². The summed E-state index contributed by atoms with van der Waals surface area (Å²) in [4.78, 5) is 54.2. The van der Waals surface area contributed by atoms with Gasteiger partial charge in [-0.1, -0.05) is 19.3 Å². The van der Waals surface area contributed by atoms with Gasteiger partial charge in [0, 0.05) is 30.4 Å². The van der Waals surface area contributed by atoms with Crippen molar-refractivity contribution in [1.29, 1.82) is 0 Å². The second kappa shape index (κ2) is 13.8. The molecule has 0 spiro atoms. The number of nitrogens with zero attached hydrogens (tertiary/aromatic N) is 3. The van der Waals surface area contributed by atoms with Crippen molar-refractivity contribution < 1.29 is 19.3 Å². The Bertz CT molecular complexity index is 911. The minimum Gasteiger partial charge on any atom is -0.370 e. The molecule has 192 valence electrons. The van der Waals surface area contributed by atoms with Crippen molar-refractivity contribution in [3.8, 4) is 0 Å². The molecule has 0 aliphatic heterocycles. The summed E-state index contributed by atoms with van der Waals surface area (Å²) in [5, 5.41) is 16.2. The molecule has 1 aliphatic rings. The van der Waals surface area contributed by atoms with E-state index in [1.165, 1.54) is 24.3 Å². The van der Waals surface area contributed by atoms with E-state index < -0.39 is 22.8 Å². The number of hydrogen-bond acceptors (Lipinski definition) is 7. The number of benzene rings is 1. The van der Waals surface area contributed by atoms with Gasteiger partial charge in [0.05, 0.1) is 18.0 Å². The molecule has 2 rings (SSSR count). The molecule has 13 nitrogen and oxygen atoms in total. The molecule has 0 heterocycles. The average molecular weight is 491 g/mol. The van der Waals surface area contributed by atoms with Crippen LogP contribution < -0.4 is 27.8 Å². The van der Waals surface area contributed by atoms with E-state index in [1.807, 2.05) is 0 Å². The molecule has 8 N–H and O–H groups in total. The van der Waals surface area contributed by atoms with E-state index in [1.54, 1.807) is 4.90 Å². The van der Waals surface area contributed by atoms with Crippen LogP contribution in [0.2, 0.25) is 0 Å². The van der Waals surface area contributed by atoms with Gasteiger partial charge in [-0.25, -0.2) is 0 Å². The number of anilines is 1. The number of carbonyl (C=O) groups is 3. The summed E-state index contributed by atoms with van der Waals surface area (Å²) < 4.78 is 0. The summed E-state index contributed by atoms with van der Waals surface area (Å²) in [5.41, 5.74) is 16.4. The van der Waals surface area contributed by atoms with Crippen LogP contribution >= 0.6 is 0 Å². The maximum absolute atomic E-state index is 13.4. The van der Waals surface area contributed by atoms with Crippen LogP contribution in [0.1, 0.15) is 44.9 Å². The van der Waals surface area contributed by atoms with Crippen molar-refractivity contribution in [2.75, 3.05) is 25.0 Å². The van der Waals surface area contributed by atoms with Crippen LogP contribution in [-0.4, -0.2) is 65.2 Å². The van der Waals surface area contributed by atoms with Crippen molar-refractivity contribution >= 4 is 35.1 Å². The average Bonchev–Trinajstić information content (AvgIpc) is 2.84. The second-order valence-corrected chi connectivity index (χ2v) is 8.33. The molecule has 0 unspecified atom stereocenters. The first kappa shape index (κ1) is 27.5. The Balaban J connectivity index is 2.28. The van der Waals surface area contributed by atoms with Crippen LogP contribution in [0.15, 0.2) is 29.3 Å². The van der Waals surface area contributed by atoms with E-state index in [4.69, 9.17) is 17.2 Å². The van der Waals surface area contributed by atoms with E-state index in [0.717, 1.165) is 32.1 Å². The Hall–Kier alpha value is -3.74. The lowest BCUT2D eigenvalue weighted by molar-refractivity contribution is -0.384. The highest BCUT2D eigenvalue weighted by Gasteiger charge is 2.35. The molecule has 0 saturated heterocycles. The zero-order valence-corrected chi connectivity index (χ0v) is 19.7. The Kier molecular flexibility index (Phi) is 10.9. The maximum Gasteiger partial charge on any atom is 0.269 e. The first-order valence-electron chi connectivity index (χ1n) is 11.6. The predicted molar refractivity (Wildman–Crippen MR) is 131 cm³/mol. The fraction of sp³-hybridized carbons (Fsp3) is 0.545. The summed E-state index contributed by atoms with van der Waals surface area (Å²) in [6.07, 6.45) is 5.09. The van der Waals surface area contributed by atoms with Gasteiger partial charge in [-0.05, 0) is 37.8 Å². The molecule has 1 aromatic carbocycles. The van der Waals surface area contributed by atoms with Gasteiger partial charge < -0.3 is 32.7 Å². The highest BCUT2D eigenvalue weighted by atomic mass is 16.6. The fourth-order valence-corrected chi connectivity index (χ4v) is 4.11. The van der Waals surface area contributed by atoms with Crippen LogP contribution in [0.25, 0.3) is 0 Å². The molecular weight excluding hydrogens is 456 g/mol. The van der Waals surface area contributed by atoms with Crippen LogP contribution in [-0.2, 0) is 14.4 Å². The third-order valence-electron chi connectivity index (χ3n) is 5.79. The lowest BCUT2D eigenvalue weighted by atomic mass is 9.92. The quantitative estimate of drug-likeness (QED) is 0.0894. The zero-order chi connectivity index (χ0) is 25.8. The monoisotopic (exact) mass is 490 g/mol. The molecule has 0 radical (unpaired) electrons. The SMILES string of the molecule is NCC(=O)NCC(=O)N(C1CCCCC1)[C@@H](CCCN=C(N)N)C(=O)Nc1ccc([N+](=O)[O-])cc1. The van der Waals surface area contributed by atoms with Crippen molar-refractivity contribution in [3.05, 3.63) is 34.4 Å². The van der Waals surface area contributed by atoms with Crippen LogP contribution in [0.4, 0.5) is 11.4 Å². The molecule has 3 amide bonds. The Morgan fingerprint density at radius 1 is 1.14 bits per heavy atom. The first-order chi connectivity index (χ1) is 16.7. The molecule has 1 aliphatic carbocycles. The summed E-state index contributed by atoms with van der Waals surface area (Å²) >= 11 is 0. The number of nitrogens with two attached hydrogens (primary N) is 3. The van der Waals surface area contributed by atoms with Crippen LogP contribution in [0.3, 0.4) is 0 Å². The van der Waals surface area contributed by atoms with Gasteiger partial charge in [-0.2, -0.15) is 0 Å². The smallest absolute Gasteiger partial charge is 0.269 e. The minimum atomic E-state index is -0.857. The number of nitrogens with one attached hydrogen (secondary N) is 2. The molecule has 35 heavy (non-hydrogen) atoms. The zero-order valence-electron chi connectivity index (χ0n) is 19.7. The Morgan fingerprint density at radius 2 is 1.80 bits per heavy atom.